The Hall–Kier alpha value is -2.63. The highest BCUT2D eigenvalue weighted by Gasteiger charge is 2.12. The van der Waals surface area contributed by atoms with E-state index in [-0.39, 0.29) is 5.56 Å². The van der Waals surface area contributed by atoms with Crippen molar-refractivity contribution >= 4 is 34.9 Å². The average molecular weight is 375 g/mol. The molecule has 7 heteroatoms. The van der Waals surface area contributed by atoms with Gasteiger partial charge in [-0.1, -0.05) is 63.8 Å². The molecule has 0 aliphatic carbocycles. The van der Waals surface area contributed by atoms with Crippen LogP contribution in [-0.2, 0) is 4.84 Å². The smallest absolute Gasteiger partial charge is 0.354 e. The lowest BCUT2D eigenvalue weighted by Crippen LogP contribution is -2.03. The Labute approximate surface area is 153 Å². The predicted molar refractivity (Wildman–Crippen MR) is 96.0 cm³/mol. The van der Waals surface area contributed by atoms with E-state index >= 15 is 0 Å². The highest BCUT2D eigenvalue weighted by molar-refractivity contribution is 6.35. The summed E-state index contributed by atoms with van der Waals surface area (Å²) in [6.45, 7) is 1.65. The lowest BCUT2D eigenvalue weighted by atomic mass is 10.1. The van der Waals surface area contributed by atoms with Gasteiger partial charge in [0.1, 0.15) is 11.4 Å². The molecule has 0 unspecified atom stereocenters. The number of benzene rings is 2. The number of nitrogens with zero attached hydrogens (tertiary/aromatic N) is 2. The Morgan fingerprint density at radius 2 is 1.76 bits per heavy atom. The Kier molecular flexibility index (Phi) is 5.16. The molecule has 5 nitrogen and oxygen atoms in total. The lowest BCUT2D eigenvalue weighted by Gasteiger charge is -2.01. The van der Waals surface area contributed by atoms with Crippen LogP contribution in [0.1, 0.15) is 23.0 Å². The zero-order chi connectivity index (χ0) is 17.8. The van der Waals surface area contributed by atoms with Crippen molar-refractivity contribution in [2.24, 2.45) is 5.16 Å². The van der Waals surface area contributed by atoms with E-state index in [1.807, 2.05) is 30.3 Å². The minimum absolute atomic E-state index is 0.205. The number of rotatable bonds is 4. The van der Waals surface area contributed by atoms with Crippen molar-refractivity contribution in [3.63, 3.8) is 0 Å². The fourth-order valence-corrected chi connectivity index (χ4v) is 2.60. The summed E-state index contributed by atoms with van der Waals surface area (Å²) in [5, 5.41) is 8.44. The van der Waals surface area contributed by atoms with Gasteiger partial charge in [-0.3, -0.25) is 0 Å². The minimum atomic E-state index is -0.674. The van der Waals surface area contributed by atoms with Crippen LogP contribution in [-0.4, -0.2) is 16.8 Å². The van der Waals surface area contributed by atoms with E-state index in [2.05, 4.69) is 10.3 Å². The summed E-state index contributed by atoms with van der Waals surface area (Å²) in [4.78, 5) is 16.9. The van der Waals surface area contributed by atoms with Gasteiger partial charge in [-0.05, 0) is 25.1 Å². The maximum atomic E-state index is 12.0. The van der Waals surface area contributed by atoms with Crippen molar-refractivity contribution < 1.29 is 14.2 Å². The molecule has 0 amide bonds. The molecule has 0 bridgehead atoms. The predicted octanol–water partition coefficient (Wildman–Crippen LogP) is 5.23. The molecule has 0 atom stereocenters. The zero-order valence-corrected chi connectivity index (χ0v) is 14.6. The van der Waals surface area contributed by atoms with Crippen LogP contribution in [0.25, 0.3) is 11.3 Å². The monoisotopic (exact) mass is 374 g/mol. The third kappa shape index (κ3) is 4.26. The molecule has 0 fully saturated rings. The minimum Gasteiger partial charge on any atom is -0.354 e. The van der Waals surface area contributed by atoms with Crippen molar-refractivity contribution in [1.29, 1.82) is 0 Å². The van der Waals surface area contributed by atoms with Gasteiger partial charge in [0.15, 0.2) is 5.76 Å². The molecule has 0 aliphatic heterocycles. The molecule has 1 aromatic heterocycles. The Balaban J connectivity index is 1.74. The first-order valence-corrected chi connectivity index (χ1v) is 8.03. The van der Waals surface area contributed by atoms with E-state index in [9.17, 15) is 4.79 Å². The summed E-state index contributed by atoms with van der Waals surface area (Å²) in [5.41, 5.74) is 2.15. The molecule has 0 N–H and O–H groups in total. The van der Waals surface area contributed by atoms with Gasteiger partial charge in [-0.2, -0.15) is 0 Å². The first kappa shape index (κ1) is 17.2. The van der Waals surface area contributed by atoms with Gasteiger partial charge in [0, 0.05) is 21.7 Å². The van der Waals surface area contributed by atoms with E-state index in [4.69, 9.17) is 32.6 Å². The molecule has 0 aliphatic rings. The first-order chi connectivity index (χ1) is 12.0. The first-order valence-electron chi connectivity index (χ1n) is 7.27. The summed E-state index contributed by atoms with van der Waals surface area (Å²) in [5.74, 6) is -0.276. The summed E-state index contributed by atoms with van der Waals surface area (Å²) in [6, 6.07) is 15.7. The molecule has 126 valence electrons. The Morgan fingerprint density at radius 3 is 2.44 bits per heavy atom. The average Bonchev–Trinajstić information content (AvgIpc) is 3.09. The van der Waals surface area contributed by atoms with Crippen LogP contribution in [0.5, 0.6) is 0 Å². The van der Waals surface area contributed by atoms with Gasteiger partial charge >= 0.3 is 5.97 Å². The molecule has 3 aromatic rings. The standard InChI is InChI=1S/C18H12Cl2N2O3/c1-11(17-10-16(22-24-17)12-5-3-2-4-6-12)21-25-18(23)13-7-14(19)9-15(20)8-13/h2-10H,1H3. The maximum absolute atomic E-state index is 12.0. The number of hydrogen-bond donors (Lipinski definition) is 0. The van der Waals surface area contributed by atoms with Crippen molar-refractivity contribution in [3.05, 3.63) is 76.0 Å². The van der Waals surface area contributed by atoms with E-state index in [1.54, 1.807) is 13.0 Å². The zero-order valence-electron chi connectivity index (χ0n) is 13.1. The number of halogens is 2. The van der Waals surface area contributed by atoms with E-state index < -0.39 is 5.97 Å². The molecule has 2 aromatic carbocycles. The molecule has 0 spiro atoms. The van der Waals surface area contributed by atoms with Crippen LogP contribution in [0.4, 0.5) is 0 Å². The topological polar surface area (TPSA) is 64.7 Å². The van der Waals surface area contributed by atoms with Crippen LogP contribution in [0.3, 0.4) is 0 Å². The molecule has 1 heterocycles. The maximum Gasteiger partial charge on any atom is 0.365 e. The van der Waals surface area contributed by atoms with Crippen molar-refractivity contribution in [2.45, 2.75) is 6.92 Å². The molecule has 3 rings (SSSR count). The second-order valence-corrected chi connectivity index (χ2v) is 6.03. The number of carbonyl (C=O) groups excluding carboxylic acids is 1. The van der Waals surface area contributed by atoms with Crippen LogP contribution in [0.2, 0.25) is 10.0 Å². The number of carbonyl (C=O) groups is 1. The van der Waals surface area contributed by atoms with Gasteiger partial charge in [0.2, 0.25) is 0 Å². The van der Waals surface area contributed by atoms with E-state index in [0.717, 1.165) is 5.56 Å². The quantitative estimate of drug-likeness (QED) is 0.356. The third-order valence-corrected chi connectivity index (χ3v) is 3.74. The lowest BCUT2D eigenvalue weighted by molar-refractivity contribution is 0.0515. The van der Waals surface area contributed by atoms with Crippen LogP contribution in [0.15, 0.2) is 64.3 Å². The highest BCUT2D eigenvalue weighted by atomic mass is 35.5. The number of oxime groups is 1. The van der Waals surface area contributed by atoms with Crippen molar-refractivity contribution in [3.8, 4) is 11.3 Å². The van der Waals surface area contributed by atoms with Crippen LogP contribution >= 0.6 is 23.2 Å². The molecular weight excluding hydrogens is 363 g/mol. The highest BCUT2D eigenvalue weighted by Crippen LogP contribution is 2.21. The summed E-state index contributed by atoms with van der Waals surface area (Å²) >= 11 is 11.7. The van der Waals surface area contributed by atoms with Gasteiger partial charge in [0.05, 0.1) is 5.56 Å². The summed E-state index contributed by atoms with van der Waals surface area (Å²) < 4.78 is 5.24. The second-order valence-electron chi connectivity index (χ2n) is 5.16. The molecule has 0 saturated carbocycles. The normalized spacial score (nSPS) is 11.4. The van der Waals surface area contributed by atoms with Crippen molar-refractivity contribution in [1.82, 2.24) is 5.16 Å². The second kappa shape index (κ2) is 7.51. The Bertz CT molecular complexity index is 916. The number of hydrogen-bond acceptors (Lipinski definition) is 5. The van der Waals surface area contributed by atoms with Crippen LogP contribution in [0, 0.1) is 0 Å². The number of aromatic nitrogens is 1. The Morgan fingerprint density at radius 1 is 1.08 bits per heavy atom. The molecule has 0 saturated heterocycles. The van der Waals surface area contributed by atoms with E-state index in [1.165, 1.54) is 18.2 Å². The van der Waals surface area contributed by atoms with Crippen molar-refractivity contribution in [2.75, 3.05) is 0 Å². The molecule has 0 radical (unpaired) electrons. The summed E-state index contributed by atoms with van der Waals surface area (Å²) in [7, 11) is 0. The third-order valence-electron chi connectivity index (χ3n) is 3.30. The summed E-state index contributed by atoms with van der Waals surface area (Å²) in [6.07, 6.45) is 0. The molecular formula is C18H12Cl2N2O3. The van der Waals surface area contributed by atoms with Gasteiger partial charge in [-0.25, -0.2) is 4.79 Å². The van der Waals surface area contributed by atoms with Gasteiger partial charge in [-0.15, -0.1) is 0 Å². The van der Waals surface area contributed by atoms with E-state index in [0.29, 0.717) is 27.2 Å². The fraction of sp³-hybridized carbons (Fsp3) is 0.0556. The SMILES string of the molecule is CC(=NOC(=O)c1cc(Cl)cc(Cl)c1)c1cc(-c2ccccc2)no1. The van der Waals surface area contributed by atoms with Gasteiger partial charge in [0.25, 0.3) is 0 Å². The fourth-order valence-electron chi connectivity index (χ4n) is 2.07. The molecule has 25 heavy (non-hydrogen) atoms. The van der Waals surface area contributed by atoms with Gasteiger partial charge < -0.3 is 9.36 Å². The largest absolute Gasteiger partial charge is 0.365 e. The van der Waals surface area contributed by atoms with Crippen LogP contribution < -0.4 is 0 Å².